The molecule has 1 fully saturated rings. The lowest BCUT2D eigenvalue weighted by molar-refractivity contribution is -0.134. The Bertz CT molecular complexity index is 143. The van der Waals surface area contributed by atoms with Crippen molar-refractivity contribution in [3.63, 3.8) is 0 Å². The van der Waals surface area contributed by atoms with Crippen LogP contribution in [0, 0.1) is 0 Å². The van der Waals surface area contributed by atoms with Gasteiger partial charge in [-0.05, 0) is 24.9 Å². The van der Waals surface area contributed by atoms with Gasteiger partial charge in [-0.3, -0.25) is 0 Å². The van der Waals surface area contributed by atoms with E-state index in [1.807, 2.05) is 0 Å². The number of rotatable bonds is 3. The fourth-order valence-corrected chi connectivity index (χ4v) is 4.09. The Labute approximate surface area is 78.0 Å². The summed E-state index contributed by atoms with van der Waals surface area (Å²) in [7, 11) is -1.22. The highest BCUT2D eigenvalue weighted by molar-refractivity contribution is 6.51. The Morgan fingerprint density at radius 3 is 2.54 bits per heavy atom. The number of hydrogen-bond donors (Lipinski definition) is 0. The summed E-state index contributed by atoms with van der Waals surface area (Å²) in [5.41, 5.74) is 0. The molecule has 1 aliphatic rings. The second kappa shape index (κ2) is 5.00. The van der Waals surface area contributed by atoms with E-state index in [4.69, 9.17) is 4.43 Å². The summed E-state index contributed by atoms with van der Waals surface area (Å²) < 4.78 is 40.8. The molecule has 0 aliphatic carbocycles. The summed E-state index contributed by atoms with van der Waals surface area (Å²) in [5.74, 6) is 0. The molecular weight excluding hydrogens is 197 g/mol. The van der Waals surface area contributed by atoms with Crippen molar-refractivity contribution in [2.75, 3.05) is 6.61 Å². The van der Waals surface area contributed by atoms with Crippen molar-refractivity contribution in [3.05, 3.63) is 0 Å². The van der Waals surface area contributed by atoms with Gasteiger partial charge < -0.3 is 4.43 Å². The molecule has 1 aliphatic heterocycles. The third kappa shape index (κ3) is 5.31. The fourth-order valence-electron chi connectivity index (χ4n) is 1.57. The SMILES string of the molecule is FC(F)(F)CCC[SiH]1CCCCO1. The van der Waals surface area contributed by atoms with Crippen LogP contribution in [0.25, 0.3) is 0 Å². The van der Waals surface area contributed by atoms with Crippen LogP contribution in [0.2, 0.25) is 12.1 Å². The average Bonchev–Trinajstić information content (AvgIpc) is 2.04. The maximum atomic E-state index is 11.8. The zero-order chi connectivity index (χ0) is 9.73. The van der Waals surface area contributed by atoms with Crippen LogP contribution >= 0.6 is 0 Å². The van der Waals surface area contributed by atoms with Crippen molar-refractivity contribution in [1.29, 1.82) is 0 Å². The summed E-state index contributed by atoms with van der Waals surface area (Å²) in [4.78, 5) is 0. The first-order valence-corrected chi connectivity index (χ1v) is 6.87. The highest BCUT2D eigenvalue weighted by Gasteiger charge is 2.27. The van der Waals surface area contributed by atoms with E-state index in [1.54, 1.807) is 0 Å². The third-order valence-corrected chi connectivity index (χ3v) is 5.07. The van der Waals surface area contributed by atoms with Gasteiger partial charge in [-0.25, -0.2) is 0 Å². The predicted octanol–water partition coefficient (Wildman–Crippen LogP) is 2.86. The Kier molecular flexibility index (Phi) is 4.25. The van der Waals surface area contributed by atoms with Crippen molar-refractivity contribution in [2.24, 2.45) is 0 Å². The minimum absolute atomic E-state index is 0.264. The zero-order valence-corrected chi connectivity index (χ0v) is 8.72. The van der Waals surface area contributed by atoms with E-state index in [0.29, 0.717) is 6.04 Å². The lowest BCUT2D eigenvalue weighted by Crippen LogP contribution is -2.23. The molecule has 1 heterocycles. The second-order valence-electron chi connectivity index (χ2n) is 3.50. The molecule has 1 unspecified atom stereocenters. The van der Waals surface area contributed by atoms with Crippen LogP contribution < -0.4 is 0 Å². The molecule has 5 heteroatoms. The molecule has 78 valence electrons. The molecular formula is C8H15F3OSi. The average molecular weight is 212 g/mol. The summed E-state index contributed by atoms with van der Waals surface area (Å²) in [5, 5.41) is 0. The van der Waals surface area contributed by atoms with Gasteiger partial charge in [0.2, 0.25) is 0 Å². The number of halogens is 3. The quantitative estimate of drug-likeness (QED) is 0.654. The van der Waals surface area contributed by atoms with Gasteiger partial charge in [0.1, 0.15) is 0 Å². The van der Waals surface area contributed by atoms with Crippen molar-refractivity contribution in [2.45, 2.75) is 43.9 Å². The molecule has 13 heavy (non-hydrogen) atoms. The summed E-state index contributed by atoms with van der Waals surface area (Å²) in [6, 6.07) is 1.76. The van der Waals surface area contributed by atoms with E-state index in [-0.39, 0.29) is 6.42 Å². The second-order valence-corrected chi connectivity index (χ2v) is 6.23. The van der Waals surface area contributed by atoms with E-state index < -0.39 is 21.6 Å². The zero-order valence-electron chi connectivity index (χ0n) is 7.57. The van der Waals surface area contributed by atoms with Gasteiger partial charge in [0.25, 0.3) is 0 Å². The van der Waals surface area contributed by atoms with E-state index >= 15 is 0 Å². The molecule has 1 saturated heterocycles. The van der Waals surface area contributed by atoms with Crippen molar-refractivity contribution < 1.29 is 17.6 Å². The van der Waals surface area contributed by atoms with Crippen LogP contribution in [0.1, 0.15) is 25.7 Å². The fraction of sp³-hybridized carbons (Fsp3) is 1.00. The predicted molar refractivity (Wildman–Crippen MR) is 47.2 cm³/mol. The lowest BCUT2D eigenvalue weighted by Gasteiger charge is -2.21. The van der Waals surface area contributed by atoms with E-state index in [1.165, 1.54) is 0 Å². The minimum atomic E-state index is -3.98. The standard InChI is InChI=1S/C8H15F3OSi/c9-8(10,11)4-3-7-13-6-2-1-5-12-13/h13H,1-7H2. The monoisotopic (exact) mass is 212 g/mol. The van der Waals surface area contributed by atoms with Crippen LogP contribution in [0.5, 0.6) is 0 Å². The highest BCUT2D eigenvalue weighted by Crippen LogP contribution is 2.24. The Morgan fingerprint density at radius 2 is 2.00 bits per heavy atom. The van der Waals surface area contributed by atoms with Gasteiger partial charge in [-0.2, -0.15) is 13.2 Å². The van der Waals surface area contributed by atoms with Gasteiger partial charge in [-0.1, -0.05) is 6.42 Å². The summed E-state index contributed by atoms with van der Waals surface area (Å²) in [6.07, 6.45) is -2.12. The van der Waals surface area contributed by atoms with E-state index in [0.717, 1.165) is 25.5 Å². The topological polar surface area (TPSA) is 9.23 Å². The maximum Gasteiger partial charge on any atom is 0.389 e. The van der Waals surface area contributed by atoms with Gasteiger partial charge in [0.15, 0.2) is 9.04 Å². The van der Waals surface area contributed by atoms with Crippen LogP contribution in [-0.2, 0) is 4.43 Å². The molecule has 0 aromatic rings. The van der Waals surface area contributed by atoms with Crippen LogP contribution in [0.3, 0.4) is 0 Å². The molecule has 0 spiro atoms. The molecule has 0 radical (unpaired) electrons. The molecule has 1 nitrogen and oxygen atoms in total. The first-order valence-electron chi connectivity index (χ1n) is 4.76. The molecule has 1 atom stereocenters. The largest absolute Gasteiger partial charge is 0.420 e. The molecule has 1 rings (SSSR count). The molecule has 0 saturated carbocycles. The summed E-state index contributed by atoms with van der Waals surface area (Å²) in [6.45, 7) is 0.781. The number of alkyl halides is 3. The molecule has 0 amide bonds. The lowest BCUT2D eigenvalue weighted by atomic mass is 10.3. The maximum absolute atomic E-state index is 11.8. The Balaban J connectivity index is 2.04. The van der Waals surface area contributed by atoms with Gasteiger partial charge in [0.05, 0.1) is 0 Å². The summed E-state index contributed by atoms with van der Waals surface area (Å²) >= 11 is 0. The van der Waals surface area contributed by atoms with Crippen molar-refractivity contribution in [1.82, 2.24) is 0 Å². The van der Waals surface area contributed by atoms with E-state index in [9.17, 15) is 13.2 Å². The third-order valence-electron chi connectivity index (χ3n) is 2.26. The minimum Gasteiger partial charge on any atom is -0.420 e. The first kappa shape index (κ1) is 11.0. The van der Waals surface area contributed by atoms with Gasteiger partial charge in [-0.15, -0.1) is 0 Å². The smallest absolute Gasteiger partial charge is 0.389 e. The highest BCUT2D eigenvalue weighted by atomic mass is 28.3. The Hall–Kier alpha value is -0.0331. The van der Waals surface area contributed by atoms with Crippen molar-refractivity contribution >= 4 is 9.04 Å². The van der Waals surface area contributed by atoms with Gasteiger partial charge >= 0.3 is 6.18 Å². The van der Waals surface area contributed by atoms with Crippen LogP contribution in [0.4, 0.5) is 13.2 Å². The molecule has 0 bridgehead atoms. The molecule has 0 aromatic heterocycles. The van der Waals surface area contributed by atoms with E-state index in [2.05, 4.69) is 0 Å². The molecule has 0 aromatic carbocycles. The Morgan fingerprint density at radius 1 is 1.23 bits per heavy atom. The first-order chi connectivity index (χ1) is 6.08. The normalized spacial score (nSPS) is 24.7. The molecule has 0 N–H and O–H groups in total. The van der Waals surface area contributed by atoms with Gasteiger partial charge in [0, 0.05) is 13.0 Å². The number of hydrogen-bond acceptors (Lipinski definition) is 1. The van der Waals surface area contributed by atoms with Crippen LogP contribution in [0.15, 0.2) is 0 Å². The van der Waals surface area contributed by atoms with Crippen molar-refractivity contribution in [3.8, 4) is 0 Å². The van der Waals surface area contributed by atoms with Crippen LogP contribution in [-0.4, -0.2) is 21.8 Å².